The summed E-state index contributed by atoms with van der Waals surface area (Å²) in [5.41, 5.74) is -1.59. The predicted molar refractivity (Wildman–Crippen MR) is 88.5 cm³/mol. The molecular weight excluding hydrogens is 346 g/mol. The van der Waals surface area contributed by atoms with Crippen LogP contribution in [0.5, 0.6) is 0 Å². The molecule has 2 atom stereocenters. The van der Waals surface area contributed by atoms with Gasteiger partial charge in [0.2, 0.25) is 0 Å². The average molecular weight is 367 g/mol. The van der Waals surface area contributed by atoms with Crippen molar-refractivity contribution in [2.75, 3.05) is 12.4 Å². The first-order valence-electron chi connectivity index (χ1n) is 7.90. The molecule has 10 heteroatoms. The fourth-order valence-electron chi connectivity index (χ4n) is 2.57. The van der Waals surface area contributed by atoms with Crippen LogP contribution in [-0.4, -0.2) is 40.3 Å². The van der Waals surface area contributed by atoms with Crippen LogP contribution >= 0.6 is 0 Å². The number of ether oxygens (including phenoxy) is 3. The van der Waals surface area contributed by atoms with Crippen molar-refractivity contribution < 1.29 is 28.6 Å². The van der Waals surface area contributed by atoms with Crippen molar-refractivity contribution in [1.82, 2.24) is 9.55 Å². The van der Waals surface area contributed by atoms with Crippen LogP contribution in [-0.2, 0) is 23.8 Å². The molecule has 0 saturated carbocycles. The maximum absolute atomic E-state index is 12.7. The molecule has 142 valence electrons. The molecule has 0 aromatic carbocycles. The number of amides is 1. The SMILES string of the molecule is COC(=O)[C@@H]1CC(OC(C)=O)c2ncc(NC(=O)OC(C)(C)C)c(=O)n21. The molecule has 2 rings (SSSR count). The van der Waals surface area contributed by atoms with Crippen molar-refractivity contribution in [2.24, 2.45) is 0 Å². The predicted octanol–water partition coefficient (Wildman–Crippen LogP) is 1.31. The second-order valence-electron chi connectivity index (χ2n) is 6.70. The van der Waals surface area contributed by atoms with Crippen LogP contribution in [0.4, 0.5) is 10.5 Å². The Morgan fingerprint density at radius 3 is 2.50 bits per heavy atom. The molecule has 1 amide bonds. The molecule has 0 radical (unpaired) electrons. The van der Waals surface area contributed by atoms with Crippen LogP contribution in [0.3, 0.4) is 0 Å². The molecule has 1 aromatic heterocycles. The van der Waals surface area contributed by atoms with Gasteiger partial charge in [-0.2, -0.15) is 0 Å². The number of rotatable bonds is 3. The summed E-state index contributed by atoms with van der Waals surface area (Å²) in [6.07, 6.45) is -0.542. The minimum atomic E-state index is -1.01. The maximum Gasteiger partial charge on any atom is 0.412 e. The lowest BCUT2D eigenvalue weighted by Gasteiger charge is -2.20. The van der Waals surface area contributed by atoms with Crippen molar-refractivity contribution in [3.8, 4) is 0 Å². The van der Waals surface area contributed by atoms with E-state index >= 15 is 0 Å². The minimum absolute atomic E-state index is 0.0182. The van der Waals surface area contributed by atoms with Crippen molar-refractivity contribution in [2.45, 2.75) is 51.9 Å². The number of nitrogens with zero attached hydrogens (tertiary/aromatic N) is 2. The van der Waals surface area contributed by atoms with Crippen molar-refractivity contribution in [3.05, 3.63) is 22.4 Å². The Morgan fingerprint density at radius 2 is 1.96 bits per heavy atom. The Kier molecular flexibility index (Phi) is 5.33. The largest absolute Gasteiger partial charge is 0.467 e. The Bertz CT molecular complexity index is 794. The van der Waals surface area contributed by atoms with Gasteiger partial charge < -0.3 is 14.2 Å². The molecular formula is C16H21N3O7. The van der Waals surface area contributed by atoms with Crippen molar-refractivity contribution in [1.29, 1.82) is 0 Å². The van der Waals surface area contributed by atoms with E-state index in [1.54, 1.807) is 20.8 Å². The highest BCUT2D eigenvalue weighted by Gasteiger charge is 2.40. The first kappa shape index (κ1) is 19.4. The Labute approximate surface area is 149 Å². The smallest absolute Gasteiger partial charge is 0.412 e. The average Bonchev–Trinajstić information content (AvgIpc) is 2.86. The van der Waals surface area contributed by atoms with Gasteiger partial charge in [0.1, 0.15) is 17.3 Å². The molecule has 26 heavy (non-hydrogen) atoms. The highest BCUT2D eigenvalue weighted by molar-refractivity contribution is 5.84. The van der Waals surface area contributed by atoms with Crippen LogP contribution in [0, 0.1) is 0 Å². The highest BCUT2D eigenvalue weighted by Crippen LogP contribution is 2.35. The van der Waals surface area contributed by atoms with Gasteiger partial charge in [-0.3, -0.25) is 19.5 Å². The second kappa shape index (κ2) is 7.14. The number of anilines is 1. The van der Waals surface area contributed by atoms with E-state index in [0.717, 1.165) is 10.8 Å². The molecule has 2 heterocycles. The Balaban J connectivity index is 2.40. The molecule has 0 saturated heterocycles. The van der Waals surface area contributed by atoms with Gasteiger partial charge in [0, 0.05) is 13.3 Å². The Hall–Kier alpha value is -2.91. The molecule has 1 unspecified atom stereocenters. The number of nitrogens with one attached hydrogen (secondary N) is 1. The molecule has 0 bridgehead atoms. The van der Waals surface area contributed by atoms with Crippen LogP contribution in [0.25, 0.3) is 0 Å². The number of fused-ring (bicyclic) bond motifs is 1. The molecule has 1 aliphatic rings. The number of hydrogen-bond donors (Lipinski definition) is 1. The highest BCUT2D eigenvalue weighted by atomic mass is 16.6. The lowest BCUT2D eigenvalue weighted by atomic mass is 10.2. The third kappa shape index (κ3) is 4.19. The van der Waals surface area contributed by atoms with Gasteiger partial charge in [-0.15, -0.1) is 0 Å². The number of methoxy groups -OCH3 is 1. The summed E-state index contributed by atoms with van der Waals surface area (Å²) >= 11 is 0. The van der Waals surface area contributed by atoms with Gasteiger partial charge in [-0.1, -0.05) is 0 Å². The summed E-state index contributed by atoms with van der Waals surface area (Å²) in [5, 5.41) is 2.31. The third-order valence-electron chi connectivity index (χ3n) is 3.48. The summed E-state index contributed by atoms with van der Waals surface area (Å²) in [4.78, 5) is 52.0. The van der Waals surface area contributed by atoms with E-state index in [4.69, 9.17) is 14.2 Å². The molecule has 1 aromatic rings. The standard InChI is InChI=1S/C16H21N3O7/c1-8(20)25-11-6-10(14(22)24-5)19-12(11)17-7-9(13(19)21)18-15(23)26-16(2,3)4/h7,10-11H,6H2,1-5H3,(H,18,23)/t10-,11?/m0/s1. The topological polar surface area (TPSA) is 126 Å². The number of esters is 2. The van der Waals surface area contributed by atoms with Crippen molar-refractivity contribution >= 4 is 23.7 Å². The van der Waals surface area contributed by atoms with E-state index < -0.39 is 41.3 Å². The first-order valence-corrected chi connectivity index (χ1v) is 7.90. The van der Waals surface area contributed by atoms with Gasteiger partial charge >= 0.3 is 18.0 Å². The molecule has 1 N–H and O–H groups in total. The molecule has 0 aliphatic carbocycles. The van der Waals surface area contributed by atoms with Crippen LogP contribution < -0.4 is 10.9 Å². The summed E-state index contributed by atoms with van der Waals surface area (Å²) in [6.45, 7) is 6.25. The summed E-state index contributed by atoms with van der Waals surface area (Å²) < 4.78 is 16.0. The number of carbonyl (C=O) groups excluding carboxylic acids is 3. The van der Waals surface area contributed by atoms with Gasteiger partial charge in [0.05, 0.1) is 13.3 Å². The lowest BCUT2D eigenvalue weighted by molar-refractivity contribution is -0.150. The normalized spacial score (nSPS) is 18.7. The van der Waals surface area contributed by atoms with Crippen LogP contribution in [0.1, 0.15) is 52.1 Å². The quantitative estimate of drug-likeness (QED) is 0.626. The van der Waals surface area contributed by atoms with Gasteiger partial charge in [-0.25, -0.2) is 14.6 Å². The van der Waals surface area contributed by atoms with Gasteiger partial charge in [-0.05, 0) is 20.8 Å². The van der Waals surface area contributed by atoms with E-state index in [9.17, 15) is 19.2 Å². The third-order valence-corrected chi connectivity index (χ3v) is 3.48. The maximum atomic E-state index is 12.7. The summed E-state index contributed by atoms with van der Waals surface area (Å²) in [7, 11) is 1.18. The number of aromatic nitrogens is 2. The molecule has 1 aliphatic heterocycles. The zero-order valence-electron chi connectivity index (χ0n) is 15.2. The number of hydrogen-bond acceptors (Lipinski definition) is 8. The fraction of sp³-hybridized carbons (Fsp3) is 0.562. The van der Waals surface area contributed by atoms with E-state index in [1.807, 2.05) is 0 Å². The molecule has 0 fully saturated rings. The van der Waals surface area contributed by atoms with E-state index in [2.05, 4.69) is 10.3 Å². The van der Waals surface area contributed by atoms with Crippen molar-refractivity contribution in [3.63, 3.8) is 0 Å². The van der Waals surface area contributed by atoms with Crippen LogP contribution in [0.15, 0.2) is 11.0 Å². The Morgan fingerprint density at radius 1 is 1.31 bits per heavy atom. The lowest BCUT2D eigenvalue weighted by Crippen LogP contribution is -2.33. The monoisotopic (exact) mass is 367 g/mol. The van der Waals surface area contributed by atoms with E-state index in [1.165, 1.54) is 14.0 Å². The molecule has 0 spiro atoms. The minimum Gasteiger partial charge on any atom is -0.467 e. The summed E-state index contributed by atoms with van der Waals surface area (Å²) in [5.74, 6) is -1.15. The van der Waals surface area contributed by atoms with Gasteiger partial charge in [0.15, 0.2) is 11.9 Å². The second-order valence-corrected chi connectivity index (χ2v) is 6.70. The zero-order valence-corrected chi connectivity index (χ0v) is 15.2. The summed E-state index contributed by atoms with van der Waals surface area (Å²) in [6, 6.07) is -1.01. The van der Waals surface area contributed by atoms with Crippen LogP contribution in [0.2, 0.25) is 0 Å². The molecule has 10 nitrogen and oxygen atoms in total. The van der Waals surface area contributed by atoms with E-state index in [-0.39, 0.29) is 17.9 Å². The zero-order chi connectivity index (χ0) is 19.6. The van der Waals surface area contributed by atoms with Gasteiger partial charge in [0.25, 0.3) is 5.56 Å². The number of carbonyl (C=O) groups is 3. The first-order chi connectivity index (χ1) is 12.0. The fourth-order valence-corrected chi connectivity index (χ4v) is 2.57. The van der Waals surface area contributed by atoms with E-state index in [0.29, 0.717) is 0 Å².